The summed E-state index contributed by atoms with van der Waals surface area (Å²) in [6.07, 6.45) is 0. The lowest BCUT2D eigenvalue weighted by molar-refractivity contribution is 0.260. The molecular formula is C19H21NO4S. The van der Waals surface area contributed by atoms with Crippen LogP contribution in [-0.2, 0) is 9.84 Å². The third-order valence-electron chi connectivity index (χ3n) is 4.26. The Morgan fingerprint density at radius 3 is 2.56 bits per heavy atom. The zero-order valence-corrected chi connectivity index (χ0v) is 15.3. The number of sulfone groups is 1. The summed E-state index contributed by atoms with van der Waals surface area (Å²) in [5.74, 6) is 1.09. The summed E-state index contributed by atoms with van der Waals surface area (Å²) >= 11 is 0. The molecule has 132 valence electrons. The number of fused-ring (bicyclic) bond motifs is 1. The SMILES string of the molecule is Cc1ccc(C(C)C)c(OCCN2C(=O)S(=O)(=O)c3ccccc32)c1. The molecule has 0 spiro atoms. The van der Waals surface area contributed by atoms with E-state index in [4.69, 9.17) is 4.74 Å². The van der Waals surface area contributed by atoms with Crippen LogP contribution in [0.3, 0.4) is 0 Å². The van der Waals surface area contributed by atoms with Crippen molar-refractivity contribution in [2.75, 3.05) is 18.1 Å². The first-order valence-electron chi connectivity index (χ1n) is 8.21. The molecule has 1 heterocycles. The zero-order chi connectivity index (χ0) is 18.2. The first kappa shape index (κ1) is 17.5. The van der Waals surface area contributed by atoms with Crippen LogP contribution in [0.1, 0.15) is 30.9 Å². The van der Waals surface area contributed by atoms with Gasteiger partial charge in [0.15, 0.2) is 0 Å². The molecule has 0 aliphatic carbocycles. The van der Waals surface area contributed by atoms with Gasteiger partial charge in [-0.25, -0.2) is 8.42 Å². The molecule has 1 aliphatic rings. The average Bonchev–Trinajstić information content (AvgIpc) is 2.76. The quantitative estimate of drug-likeness (QED) is 0.812. The van der Waals surface area contributed by atoms with Gasteiger partial charge in [-0.3, -0.25) is 9.69 Å². The molecule has 0 radical (unpaired) electrons. The van der Waals surface area contributed by atoms with Crippen LogP contribution < -0.4 is 9.64 Å². The lowest BCUT2D eigenvalue weighted by Gasteiger charge is -2.18. The van der Waals surface area contributed by atoms with E-state index in [1.807, 2.05) is 25.1 Å². The van der Waals surface area contributed by atoms with E-state index in [2.05, 4.69) is 13.8 Å². The number of ether oxygens (including phenoxy) is 1. The Labute approximate surface area is 148 Å². The van der Waals surface area contributed by atoms with E-state index < -0.39 is 15.1 Å². The monoisotopic (exact) mass is 359 g/mol. The number of carbonyl (C=O) groups is 1. The second-order valence-corrected chi connectivity index (χ2v) is 8.23. The molecule has 0 saturated carbocycles. The molecule has 0 N–H and O–H groups in total. The van der Waals surface area contributed by atoms with Crippen LogP contribution in [0.2, 0.25) is 0 Å². The standard InChI is InChI=1S/C19H21NO4S/c1-13(2)15-9-8-14(3)12-17(15)24-11-10-20-16-6-4-5-7-18(16)25(22,23)19(20)21/h4-9,12-13H,10-11H2,1-3H3. The number of hydrogen-bond acceptors (Lipinski definition) is 4. The Kier molecular flexibility index (Phi) is 4.56. The maximum Gasteiger partial charge on any atom is 0.348 e. The fourth-order valence-electron chi connectivity index (χ4n) is 2.95. The molecule has 5 nitrogen and oxygen atoms in total. The van der Waals surface area contributed by atoms with Crippen molar-refractivity contribution in [3.63, 3.8) is 0 Å². The largest absolute Gasteiger partial charge is 0.491 e. The van der Waals surface area contributed by atoms with E-state index in [-0.39, 0.29) is 18.0 Å². The molecule has 0 saturated heterocycles. The summed E-state index contributed by atoms with van der Waals surface area (Å²) in [5, 5.41) is -0.884. The third-order valence-corrected chi connectivity index (χ3v) is 5.86. The number of carbonyl (C=O) groups excluding carboxylic acids is 1. The average molecular weight is 359 g/mol. The van der Waals surface area contributed by atoms with E-state index in [9.17, 15) is 13.2 Å². The van der Waals surface area contributed by atoms with Crippen LogP contribution in [0.5, 0.6) is 5.75 Å². The van der Waals surface area contributed by atoms with Crippen molar-refractivity contribution in [2.24, 2.45) is 0 Å². The number of hydrogen-bond donors (Lipinski definition) is 0. The minimum Gasteiger partial charge on any atom is -0.491 e. The molecule has 25 heavy (non-hydrogen) atoms. The molecule has 2 aromatic rings. The number of amides is 1. The Balaban J connectivity index is 1.78. The van der Waals surface area contributed by atoms with E-state index in [0.717, 1.165) is 16.9 Å². The van der Waals surface area contributed by atoms with Gasteiger partial charge in [-0.05, 0) is 42.2 Å². The van der Waals surface area contributed by atoms with Crippen LogP contribution >= 0.6 is 0 Å². The summed E-state index contributed by atoms with van der Waals surface area (Å²) < 4.78 is 30.3. The summed E-state index contributed by atoms with van der Waals surface area (Å²) in [5.41, 5.74) is 2.60. The van der Waals surface area contributed by atoms with E-state index in [1.54, 1.807) is 18.2 Å². The molecular weight excluding hydrogens is 338 g/mol. The van der Waals surface area contributed by atoms with Crippen molar-refractivity contribution in [2.45, 2.75) is 31.6 Å². The predicted octanol–water partition coefficient (Wildman–Crippen LogP) is 3.91. The van der Waals surface area contributed by atoms with Gasteiger partial charge in [-0.1, -0.05) is 38.1 Å². The van der Waals surface area contributed by atoms with Crippen LogP contribution in [0, 0.1) is 6.92 Å². The Morgan fingerprint density at radius 2 is 1.84 bits per heavy atom. The van der Waals surface area contributed by atoms with Gasteiger partial charge in [-0.2, -0.15) is 0 Å². The Bertz CT molecular complexity index is 919. The van der Waals surface area contributed by atoms with Crippen molar-refractivity contribution < 1.29 is 17.9 Å². The first-order valence-corrected chi connectivity index (χ1v) is 9.69. The smallest absolute Gasteiger partial charge is 0.348 e. The van der Waals surface area contributed by atoms with Gasteiger partial charge in [0.1, 0.15) is 17.3 Å². The number of nitrogens with zero attached hydrogens (tertiary/aromatic N) is 1. The highest BCUT2D eigenvalue weighted by molar-refractivity contribution is 8.07. The lowest BCUT2D eigenvalue weighted by atomic mass is 10.0. The van der Waals surface area contributed by atoms with E-state index in [0.29, 0.717) is 11.6 Å². The van der Waals surface area contributed by atoms with Crippen molar-refractivity contribution >= 4 is 20.8 Å². The molecule has 0 aromatic heterocycles. The number of benzene rings is 2. The second-order valence-electron chi connectivity index (χ2n) is 6.43. The highest BCUT2D eigenvalue weighted by atomic mass is 32.2. The van der Waals surface area contributed by atoms with Crippen LogP contribution in [0.15, 0.2) is 47.4 Å². The van der Waals surface area contributed by atoms with Crippen LogP contribution in [-0.4, -0.2) is 26.8 Å². The summed E-state index contributed by atoms with van der Waals surface area (Å²) in [6, 6.07) is 12.5. The highest BCUT2D eigenvalue weighted by Gasteiger charge is 2.41. The molecule has 0 atom stereocenters. The molecule has 0 unspecified atom stereocenters. The molecule has 1 aliphatic heterocycles. The number of rotatable bonds is 5. The topological polar surface area (TPSA) is 63.7 Å². The second kappa shape index (κ2) is 6.52. The summed E-state index contributed by atoms with van der Waals surface area (Å²) in [6.45, 7) is 6.57. The molecule has 3 rings (SSSR count). The number of para-hydroxylation sites is 1. The lowest BCUT2D eigenvalue weighted by Crippen LogP contribution is -2.32. The number of aryl methyl sites for hydroxylation is 1. The maximum atomic E-state index is 12.2. The van der Waals surface area contributed by atoms with Gasteiger partial charge in [0.2, 0.25) is 0 Å². The number of anilines is 1. The van der Waals surface area contributed by atoms with Gasteiger partial charge in [-0.15, -0.1) is 0 Å². The van der Waals surface area contributed by atoms with Gasteiger partial charge in [0.05, 0.1) is 12.2 Å². The minimum atomic E-state index is -3.93. The van der Waals surface area contributed by atoms with Gasteiger partial charge >= 0.3 is 5.24 Å². The van der Waals surface area contributed by atoms with Crippen molar-refractivity contribution in [1.82, 2.24) is 0 Å². The van der Waals surface area contributed by atoms with Gasteiger partial charge in [0.25, 0.3) is 9.84 Å². The van der Waals surface area contributed by atoms with E-state index in [1.165, 1.54) is 11.0 Å². The van der Waals surface area contributed by atoms with Gasteiger partial charge < -0.3 is 4.74 Å². The molecule has 1 amide bonds. The molecule has 2 aromatic carbocycles. The fourth-order valence-corrected chi connectivity index (χ4v) is 4.33. The van der Waals surface area contributed by atoms with Crippen molar-refractivity contribution in [3.8, 4) is 5.75 Å². The van der Waals surface area contributed by atoms with Crippen molar-refractivity contribution in [1.29, 1.82) is 0 Å². The zero-order valence-electron chi connectivity index (χ0n) is 14.5. The van der Waals surface area contributed by atoms with E-state index >= 15 is 0 Å². The van der Waals surface area contributed by atoms with Crippen LogP contribution in [0.25, 0.3) is 0 Å². The normalized spacial score (nSPS) is 15.5. The fraction of sp³-hybridized carbons (Fsp3) is 0.316. The predicted molar refractivity (Wildman–Crippen MR) is 97.1 cm³/mol. The third kappa shape index (κ3) is 3.14. The molecule has 0 bridgehead atoms. The molecule has 6 heteroatoms. The Morgan fingerprint density at radius 1 is 1.12 bits per heavy atom. The first-order chi connectivity index (χ1) is 11.8. The Hall–Kier alpha value is -2.34. The van der Waals surface area contributed by atoms with Gasteiger partial charge in [0, 0.05) is 0 Å². The summed E-state index contributed by atoms with van der Waals surface area (Å²) in [7, 11) is -3.93. The summed E-state index contributed by atoms with van der Waals surface area (Å²) in [4.78, 5) is 13.6. The molecule has 0 fully saturated rings. The van der Waals surface area contributed by atoms with Crippen LogP contribution in [0.4, 0.5) is 10.5 Å². The highest BCUT2D eigenvalue weighted by Crippen LogP contribution is 2.35. The minimum absolute atomic E-state index is 0.0680. The van der Waals surface area contributed by atoms with Crippen molar-refractivity contribution in [3.05, 3.63) is 53.6 Å². The maximum absolute atomic E-state index is 12.2.